The van der Waals surface area contributed by atoms with Crippen LogP contribution in [0.2, 0.25) is 0 Å². The van der Waals surface area contributed by atoms with Crippen LogP contribution in [0.1, 0.15) is 22.3 Å². The van der Waals surface area contributed by atoms with Gasteiger partial charge in [0, 0.05) is 24.4 Å². The molecule has 0 aliphatic carbocycles. The van der Waals surface area contributed by atoms with Crippen molar-refractivity contribution in [3.05, 3.63) is 47.5 Å². The normalized spacial score (nSPS) is 12.8. The van der Waals surface area contributed by atoms with Gasteiger partial charge >= 0.3 is 5.97 Å². The first-order chi connectivity index (χ1) is 13.6. The molecule has 0 radical (unpaired) electrons. The number of benzene rings is 2. The zero-order valence-corrected chi connectivity index (χ0v) is 16.2. The molecule has 7 heteroatoms. The first-order valence-corrected chi connectivity index (χ1v) is 8.94. The molecule has 2 aromatic rings. The number of esters is 1. The van der Waals surface area contributed by atoms with Gasteiger partial charge < -0.3 is 23.8 Å². The Balaban J connectivity index is 1.73. The number of rotatable bonds is 6. The Labute approximate surface area is 163 Å². The number of carbonyl (C=O) groups is 2. The monoisotopic (exact) mass is 385 g/mol. The van der Waals surface area contributed by atoms with E-state index in [-0.39, 0.29) is 23.8 Å². The average Bonchev–Trinajstić information content (AvgIpc) is 2.75. The van der Waals surface area contributed by atoms with E-state index in [0.717, 1.165) is 24.1 Å². The fraction of sp³-hybridized carbons (Fsp3) is 0.333. The van der Waals surface area contributed by atoms with Crippen LogP contribution in [0.25, 0.3) is 0 Å². The highest BCUT2D eigenvalue weighted by Gasteiger charge is 2.24. The summed E-state index contributed by atoms with van der Waals surface area (Å²) in [5.41, 5.74) is 2.15. The van der Waals surface area contributed by atoms with E-state index in [4.69, 9.17) is 18.9 Å². The van der Waals surface area contributed by atoms with Crippen LogP contribution < -0.4 is 19.1 Å². The van der Waals surface area contributed by atoms with Crippen molar-refractivity contribution < 1.29 is 28.5 Å². The van der Waals surface area contributed by atoms with Gasteiger partial charge in [0.25, 0.3) is 5.91 Å². The number of aryl methyl sites for hydroxylation is 1. The maximum absolute atomic E-state index is 12.6. The van der Waals surface area contributed by atoms with Crippen LogP contribution in [0.3, 0.4) is 0 Å². The Morgan fingerprint density at radius 2 is 1.64 bits per heavy atom. The molecule has 0 aromatic heterocycles. The molecule has 1 amide bonds. The summed E-state index contributed by atoms with van der Waals surface area (Å²) >= 11 is 0. The van der Waals surface area contributed by atoms with Crippen molar-refractivity contribution in [3.8, 4) is 17.2 Å². The van der Waals surface area contributed by atoms with Crippen molar-refractivity contribution in [1.29, 1.82) is 0 Å². The van der Waals surface area contributed by atoms with Crippen LogP contribution in [0.15, 0.2) is 36.4 Å². The minimum atomic E-state index is -0.670. The first-order valence-electron chi connectivity index (χ1n) is 8.94. The van der Waals surface area contributed by atoms with Crippen molar-refractivity contribution in [3.63, 3.8) is 0 Å². The third-order valence-electron chi connectivity index (χ3n) is 4.66. The summed E-state index contributed by atoms with van der Waals surface area (Å²) in [6.07, 6.45) is 1.81. The lowest BCUT2D eigenvalue weighted by Gasteiger charge is -2.29. The molecule has 148 valence electrons. The zero-order chi connectivity index (χ0) is 20.1. The highest BCUT2D eigenvalue weighted by atomic mass is 16.5. The summed E-state index contributed by atoms with van der Waals surface area (Å²) < 4.78 is 20.9. The summed E-state index contributed by atoms with van der Waals surface area (Å²) in [6, 6.07) is 10.8. The van der Waals surface area contributed by atoms with Crippen LogP contribution in [0.4, 0.5) is 5.69 Å². The van der Waals surface area contributed by atoms with Gasteiger partial charge in [0.1, 0.15) is 11.3 Å². The molecule has 0 N–H and O–H groups in total. The molecule has 0 unspecified atom stereocenters. The second kappa shape index (κ2) is 8.65. The van der Waals surface area contributed by atoms with E-state index < -0.39 is 5.97 Å². The molecule has 3 rings (SSSR count). The smallest absolute Gasteiger partial charge is 0.342 e. The molecule has 0 fully saturated rings. The molecule has 7 nitrogen and oxygen atoms in total. The van der Waals surface area contributed by atoms with E-state index in [0.29, 0.717) is 18.0 Å². The maximum atomic E-state index is 12.6. The molecule has 1 aliphatic rings. The summed E-state index contributed by atoms with van der Waals surface area (Å²) in [6.45, 7) is 0.248. The van der Waals surface area contributed by atoms with Crippen LogP contribution in [0.5, 0.6) is 17.2 Å². The summed E-state index contributed by atoms with van der Waals surface area (Å²) in [7, 11) is 4.40. The fourth-order valence-electron chi connectivity index (χ4n) is 3.26. The van der Waals surface area contributed by atoms with Gasteiger partial charge in [0.15, 0.2) is 18.1 Å². The van der Waals surface area contributed by atoms with Crippen molar-refractivity contribution in [1.82, 2.24) is 0 Å². The lowest BCUT2D eigenvalue weighted by molar-refractivity contribution is -0.121. The SMILES string of the molecule is COc1cc(OC)c(C(=O)OCC(=O)N2CCCc3ccccc32)cc1OC. The molecule has 0 saturated heterocycles. The van der Waals surface area contributed by atoms with Crippen LogP contribution >= 0.6 is 0 Å². The van der Waals surface area contributed by atoms with E-state index >= 15 is 0 Å². The first kappa shape index (κ1) is 19.5. The average molecular weight is 385 g/mol. The van der Waals surface area contributed by atoms with Gasteiger partial charge in [-0.1, -0.05) is 18.2 Å². The van der Waals surface area contributed by atoms with Gasteiger partial charge in [-0.25, -0.2) is 4.79 Å². The number of hydrogen-bond acceptors (Lipinski definition) is 6. The standard InChI is InChI=1S/C21H23NO6/c1-25-17-12-19(27-3)18(26-2)11-15(17)21(24)28-13-20(23)22-10-6-8-14-7-4-5-9-16(14)22/h4-5,7,9,11-12H,6,8,10,13H2,1-3H3. The number of ether oxygens (including phenoxy) is 4. The molecule has 0 spiro atoms. The molecular weight excluding hydrogens is 362 g/mol. The lowest BCUT2D eigenvalue weighted by Crippen LogP contribution is -2.38. The van der Waals surface area contributed by atoms with E-state index in [1.165, 1.54) is 33.5 Å². The third kappa shape index (κ3) is 3.88. The Hall–Kier alpha value is -3.22. The summed E-state index contributed by atoms with van der Waals surface area (Å²) in [4.78, 5) is 26.9. The predicted octanol–water partition coefficient (Wildman–Crippen LogP) is 2.85. The fourth-order valence-corrected chi connectivity index (χ4v) is 3.26. The number of amides is 1. The zero-order valence-electron chi connectivity index (χ0n) is 16.2. The Morgan fingerprint density at radius 3 is 2.36 bits per heavy atom. The number of methoxy groups -OCH3 is 3. The number of hydrogen-bond donors (Lipinski definition) is 0. The van der Waals surface area contributed by atoms with E-state index in [1.54, 1.807) is 4.90 Å². The molecule has 0 saturated carbocycles. The highest BCUT2D eigenvalue weighted by Crippen LogP contribution is 2.35. The molecular formula is C21H23NO6. The molecule has 28 heavy (non-hydrogen) atoms. The number of nitrogens with zero attached hydrogens (tertiary/aromatic N) is 1. The van der Waals surface area contributed by atoms with Gasteiger partial charge in [0.05, 0.1) is 21.3 Å². The third-order valence-corrected chi connectivity index (χ3v) is 4.66. The van der Waals surface area contributed by atoms with Crippen LogP contribution in [-0.2, 0) is 16.0 Å². The molecule has 1 aliphatic heterocycles. The van der Waals surface area contributed by atoms with E-state index in [1.807, 2.05) is 24.3 Å². The maximum Gasteiger partial charge on any atom is 0.342 e. The van der Waals surface area contributed by atoms with Crippen molar-refractivity contribution in [2.45, 2.75) is 12.8 Å². The highest BCUT2D eigenvalue weighted by molar-refractivity contribution is 5.99. The van der Waals surface area contributed by atoms with E-state index in [9.17, 15) is 9.59 Å². The Bertz CT molecular complexity index is 879. The number of anilines is 1. The minimum Gasteiger partial charge on any atom is -0.496 e. The number of fused-ring (bicyclic) bond motifs is 1. The van der Waals surface area contributed by atoms with Gasteiger partial charge in [-0.2, -0.15) is 0 Å². The molecule has 0 bridgehead atoms. The van der Waals surface area contributed by atoms with Crippen LogP contribution in [-0.4, -0.2) is 46.4 Å². The Kier molecular flexibility index (Phi) is 6.03. The van der Waals surface area contributed by atoms with Crippen molar-refractivity contribution >= 4 is 17.6 Å². The van der Waals surface area contributed by atoms with E-state index in [2.05, 4.69) is 0 Å². The van der Waals surface area contributed by atoms with Gasteiger partial charge in [0.2, 0.25) is 0 Å². The van der Waals surface area contributed by atoms with Gasteiger partial charge in [-0.15, -0.1) is 0 Å². The summed E-state index contributed by atoms with van der Waals surface area (Å²) in [5.74, 6) is 0.137. The molecule has 1 heterocycles. The van der Waals surface area contributed by atoms with Gasteiger partial charge in [-0.3, -0.25) is 4.79 Å². The number of carbonyl (C=O) groups excluding carboxylic acids is 2. The second-order valence-electron chi connectivity index (χ2n) is 6.26. The quantitative estimate of drug-likeness (QED) is 0.712. The minimum absolute atomic E-state index is 0.159. The predicted molar refractivity (Wildman–Crippen MR) is 103 cm³/mol. The van der Waals surface area contributed by atoms with Crippen LogP contribution in [0, 0.1) is 0 Å². The topological polar surface area (TPSA) is 74.3 Å². The second-order valence-corrected chi connectivity index (χ2v) is 6.26. The largest absolute Gasteiger partial charge is 0.496 e. The van der Waals surface area contributed by atoms with Crippen molar-refractivity contribution in [2.24, 2.45) is 0 Å². The molecule has 2 aromatic carbocycles. The van der Waals surface area contributed by atoms with Gasteiger partial charge in [-0.05, 0) is 24.5 Å². The summed E-state index contributed by atoms with van der Waals surface area (Å²) in [5, 5.41) is 0. The number of para-hydroxylation sites is 1. The Morgan fingerprint density at radius 1 is 0.964 bits per heavy atom. The molecule has 0 atom stereocenters. The van der Waals surface area contributed by atoms with Crippen molar-refractivity contribution in [2.75, 3.05) is 39.4 Å². The lowest BCUT2D eigenvalue weighted by atomic mass is 10.0.